The Bertz CT molecular complexity index is 272. The van der Waals surface area contributed by atoms with E-state index in [0.29, 0.717) is 106 Å². The number of rotatable bonds is 26. The topological polar surface area (TPSA) is 92.3 Å². The van der Waals surface area contributed by atoms with Crippen molar-refractivity contribution in [3.63, 3.8) is 0 Å². The van der Waals surface area contributed by atoms with Crippen LogP contribution in [0.1, 0.15) is 13.8 Å². The van der Waals surface area contributed by atoms with E-state index in [-0.39, 0.29) is 0 Å². The minimum Gasteiger partial charge on any atom is -0.382 e. The van der Waals surface area contributed by atoms with E-state index in [4.69, 9.17) is 47.4 Å². The fourth-order valence-corrected chi connectivity index (χ4v) is 1.89. The van der Waals surface area contributed by atoms with Gasteiger partial charge >= 0.3 is 0 Å². The highest BCUT2D eigenvalue weighted by Gasteiger charge is 1.92. The molecule has 0 spiro atoms. The molecule has 0 saturated heterocycles. The molecule has 0 bridgehead atoms. The second-order valence-electron chi connectivity index (χ2n) is 6.05. The Labute approximate surface area is 195 Å². The Hall–Kier alpha value is -0.400. The second-order valence-corrected chi connectivity index (χ2v) is 6.05. The lowest BCUT2D eigenvalue weighted by atomic mass is 10.7. The Morgan fingerprint density at radius 3 is 0.656 bits per heavy atom. The Morgan fingerprint density at radius 2 is 0.469 bits per heavy atom. The van der Waals surface area contributed by atoms with Crippen LogP contribution >= 0.6 is 0 Å². The molecule has 10 nitrogen and oxygen atoms in total. The monoisotopic (exact) mass is 472 g/mol. The van der Waals surface area contributed by atoms with Crippen LogP contribution in [0.2, 0.25) is 0 Å². The highest BCUT2D eigenvalue weighted by molar-refractivity contribution is 4.35. The normalized spacial score (nSPS) is 10.9. The molecule has 32 heavy (non-hydrogen) atoms. The van der Waals surface area contributed by atoms with Crippen molar-refractivity contribution in [2.45, 2.75) is 13.8 Å². The number of hydrogen-bond acceptors (Lipinski definition) is 10. The van der Waals surface area contributed by atoms with Crippen LogP contribution in [-0.4, -0.2) is 133 Å². The van der Waals surface area contributed by atoms with Crippen LogP contribution in [0.25, 0.3) is 0 Å². The van der Waals surface area contributed by atoms with Crippen LogP contribution < -0.4 is 0 Å². The van der Waals surface area contributed by atoms with E-state index in [0.717, 1.165) is 13.2 Å². The van der Waals surface area contributed by atoms with Crippen molar-refractivity contribution >= 4 is 0 Å². The van der Waals surface area contributed by atoms with Gasteiger partial charge in [0.1, 0.15) is 0 Å². The molecule has 0 atom stereocenters. The van der Waals surface area contributed by atoms with Gasteiger partial charge in [-0.05, 0) is 13.8 Å². The van der Waals surface area contributed by atoms with Crippen LogP contribution in [0.4, 0.5) is 0 Å². The molecular weight excluding hydrogens is 424 g/mol. The quantitative estimate of drug-likeness (QED) is 0.172. The maximum absolute atomic E-state index is 5.32. The third-order valence-electron chi connectivity index (χ3n) is 3.50. The van der Waals surface area contributed by atoms with Crippen molar-refractivity contribution in [3.8, 4) is 0 Å². The third kappa shape index (κ3) is 36.9. The molecule has 0 aromatic carbocycles. The molecule has 0 radical (unpaired) electrons. The molecule has 0 heterocycles. The minimum atomic E-state index is 0.595. The van der Waals surface area contributed by atoms with E-state index >= 15 is 0 Å². The summed E-state index contributed by atoms with van der Waals surface area (Å²) in [5, 5.41) is 0. The Balaban J connectivity index is 0. The lowest BCUT2D eigenvalue weighted by molar-refractivity contribution is -0.00934. The summed E-state index contributed by atoms with van der Waals surface area (Å²) in [6, 6.07) is 0. The highest BCUT2D eigenvalue weighted by atomic mass is 16.6. The average molecular weight is 473 g/mol. The zero-order chi connectivity index (χ0) is 23.8. The number of hydrogen-bond donors (Lipinski definition) is 0. The Kier molecular flexibility index (Phi) is 37.1. The molecule has 0 unspecified atom stereocenters. The number of ether oxygens (including phenoxy) is 10. The third-order valence-corrected chi connectivity index (χ3v) is 3.50. The van der Waals surface area contributed by atoms with Crippen molar-refractivity contribution in [1.29, 1.82) is 0 Å². The van der Waals surface area contributed by atoms with E-state index in [9.17, 15) is 0 Å². The first-order valence-corrected chi connectivity index (χ1v) is 11.4. The van der Waals surface area contributed by atoms with E-state index < -0.39 is 0 Å². The smallest absolute Gasteiger partial charge is 0.0701 e. The molecule has 0 aliphatic heterocycles. The maximum atomic E-state index is 5.32. The molecule has 0 rings (SSSR count). The van der Waals surface area contributed by atoms with Gasteiger partial charge in [0.2, 0.25) is 0 Å². The molecule has 0 fully saturated rings. The van der Waals surface area contributed by atoms with Gasteiger partial charge in [-0.2, -0.15) is 0 Å². The van der Waals surface area contributed by atoms with Crippen LogP contribution in [0.3, 0.4) is 0 Å². The molecule has 10 heteroatoms. The van der Waals surface area contributed by atoms with Crippen LogP contribution in [0.15, 0.2) is 0 Å². The molecule has 0 amide bonds. The fraction of sp³-hybridized carbons (Fsp3) is 1.00. The first kappa shape index (κ1) is 33.8. The van der Waals surface area contributed by atoms with Gasteiger partial charge in [-0.1, -0.05) is 0 Å². The fourth-order valence-electron chi connectivity index (χ4n) is 1.89. The summed E-state index contributed by atoms with van der Waals surface area (Å²) >= 11 is 0. The van der Waals surface area contributed by atoms with Gasteiger partial charge in [0.15, 0.2) is 0 Å². The van der Waals surface area contributed by atoms with E-state index in [1.807, 2.05) is 13.8 Å². The maximum Gasteiger partial charge on any atom is 0.0701 e. The predicted octanol–water partition coefficient (Wildman–Crippen LogP) is 1.44. The van der Waals surface area contributed by atoms with Gasteiger partial charge in [-0.25, -0.2) is 0 Å². The lowest BCUT2D eigenvalue weighted by Crippen LogP contribution is -2.13. The van der Waals surface area contributed by atoms with E-state index in [1.54, 1.807) is 14.2 Å². The van der Waals surface area contributed by atoms with E-state index in [1.165, 1.54) is 0 Å². The molecule has 0 N–H and O–H groups in total. The van der Waals surface area contributed by atoms with Gasteiger partial charge in [-0.15, -0.1) is 0 Å². The zero-order valence-corrected chi connectivity index (χ0v) is 20.8. The SMILES string of the molecule is CCOCCOCCOCCOCCOCC.COCCOCCOCCOCCOC. The molecule has 0 aliphatic rings. The van der Waals surface area contributed by atoms with Gasteiger partial charge < -0.3 is 47.4 Å². The summed E-state index contributed by atoms with van der Waals surface area (Å²) in [4.78, 5) is 0. The largest absolute Gasteiger partial charge is 0.382 e. The first-order chi connectivity index (χ1) is 15.8. The molecule has 0 saturated carbocycles. The van der Waals surface area contributed by atoms with Crippen molar-refractivity contribution in [2.24, 2.45) is 0 Å². The van der Waals surface area contributed by atoms with Gasteiger partial charge in [-0.3, -0.25) is 0 Å². The van der Waals surface area contributed by atoms with E-state index in [2.05, 4.69) is 0 Å². The summed E-state index contributed by atoms with van der Waals surface area (Å²) in [5.74, 6) is 0. The molecule has 0 aromatic rings. The minimum absolute atomic E-state index is 0.595. The lowest BCUT2D eigenvalue weighted by Gasteiger charge is -2.06. The molecular formula is C22H48O10. The second kappa shape index (κ2) is 35.2. The van der Waals surface area contributed by atoms with Crippen LogP contribution in [-0.2, 0) is 47.4 Å². The summed E-state index contributed by atoms with van der Waals surface area (Å²) < 4.78 is 51.5. The first-order valence-electron chi connectivity index (χ1n) is 11.4. The van der Waals surface area contributed by atoms with Crippen LogP contribution in [0, 0.1) is 0 Å². The average Bonchev–Trinajstić information content (AvgIpc) is 2.81. The highest BCUT2D eigenvalue weighted by Crippen LogP contribution is 1.84. The van der Waals surface area contributed by atoms with Gasteiger partial charge in [0.05, 0.1) is 106 Å². The van der Waals surface area contributed by atoms with Crippen molar-refractivity contribution in [2.75, 3.05) is 133 Å². The van der Waals surface area contributed by atoms with Crippen molar-refractivity contribution in [3.05, 3.63) is 0 Å². The van der Waals surface area contributed by atoms with Crippen LogP contribution in [0.5, 0.6) is 0 Å². The van der Waals surface area contributed by atoms with Crippen molar-refractivity contribution < 1.29 is 47.4 Å². The van der Waals surface area contributed by atoms with Gasteiger partial charge in [0, 0.05) is 27.4 Å². The molecule has 0 aliphatic carbocycles. The standard InChI is InChI=1S/C12H26O5.C10H22O5/c1-3-13-5-7-15-9-11-17-12-10-16-8-6-14-4-2;1-11-3-5-13-7-9-15-10-8-14-6-4-12-2/h3-12H2,1-2H3;3-10H2,1-2H3. The Morgan fingerprint density at radius 1 is 0.281 bits per heavy atom. The molecule has 0 aromatic heterocycles. The van der Waals surface area contributed by atoms with Crippen molar-refractivity contribution in [1.82, 2.24) is 0 Å². The zero-order valence-electron chi connectivity index (χ0n) is 20.8. The summed E-state index contributed by atoms with van der Waals surface area (Å²) in [5.41, 5.74) is 0. The summed E-state index contributed by atoms with van der Waals surface area (Å²) in [6.07, 6.45) is 0. The number of methoxy groups -OCH3 is 2. The summed E-state index contributed by atoms with van der Waals surface area (Å²) in [6.45, 7) is 15.2. The predicted molar refractivity (Wildman–Crippen MR) is 122 cm³/mol. The molecule has 196 valence electrons. The van der Waals surface area contributed by atoms with Gasteiger partial charge in [0.25, 0.3) is 0 Å². The summed E-state index contributed by atoms with van der Waals surface area (Å²) in [7, 11) is 3.30.